The lowest BCUT2D eigenvalue weighted by Crippen LogP contribution is -2.49. The average Bonchev–Trinajstić information content (AvgIpc) is 3.17. The first-order chi connectivity index (χ1) is 16.1. The lowest BCUT2D eigenvalue weighted by molar-refractivity contribution is 0.196. The van der Waals surface area contributed by atoms with Crippen molar-refractivity contribution in [1.29, 1.82) is 0 Å². The van der Waals surface area contributed by atoms with Gasteiger partial charge in [-0.1, -0.05) is 36.4 Å². The van der Waals surface area contributed by atoms with E-state index in [1.807, 2.05) is 36.9 Å². The topological polar surface area (TPSA) is 83.3 Å². The van der Waals surface area contributed by atoms with E-state index in [0.717, 1.165) is 55.8 Å². The molecule has 1 aromatic carbocycles. The Labute approximate surface area is 219 Å². The molecule has 0 saturated carbocycles. The van der Waals surface area contributed by atoms with Gasteiger partial charge in [-0.05, 0) is 44.4 Å². The average molecular weight is 575 g/mol. The van der Waals surface area contributed by atoms with Crippen molar-refractivity contribution >= 4 is 29.9 Å². The van der Waals surface area contributed by atoms with Crippen LogP contribution in [0.15, 0.2) is 59.7 Å². The molecule has 2 aromatic heterocycles. The van der Waals surface area contributed by atoms with Crippen LogP contribution in [0.5, 0.6) is 0 Å². The second kappa shape index (κ2) is 12.8. The Morgan fingerprint density at radius 1 is 1.09 bits per heavy atom. The molecule has 0 radical (unpaired) electrons. The predicted molar refractivity (Wildman–Crippen MR) is 146 cm³/mol. The van der Waals surface area contributed by atoms with Crippen LogP contribution < -0.4 is 10.6 Å². The maximum atomic E-state index is 4.86. The van der Waals surface area contributed by atoms with Gasteiger partial charge in [0.15, 0.2) is 11.8 Å². The highest BCUT2D eigenvalue weighted by Crippen LogP contribution is 2.15. The molecule has 182 valence electrons. The quantitative estimate of drug-likeness (QED) is 0.255. The van der Waals surface area contributed by atoms with Crippen molar-refractivity contribution < 1.29 is 0 Å². The van der Waals surface area contributed by atoms with Crippen LogP contribution in [0.25, 0.3) is 0 Å². The molecule has 3 heterocycles. The summed E-state index contributed by atoms with van der Waals surface area (Å²) in [5.74, 6) is 2.56. The van der Waals surface area contributed by atoms with Crippen LogP contribution in [-0.4, -0.2) is 49.7 Å². The van der Waals surface area contributed by atoms with Crippen LogP contribution in [-0.2, 0) is 20.1 Å². The van der Waals surface area contributed by atoms with Crippen LogP contribution in [0.4, 0.5) is 0 Å². The van der Waals surface area contributed by atoms with E-state index in [2.05, 4.69) is 74.0 Å². The van der Waals surface area contributed by atoms with Crippen molar-refractivity contribution in [3.8, 4) is 0 Å². The second-order valence-corrected chi connectivity index (χ2v) is 8.68. The molecule has 1 fully saturated rings. The van der Waals surface area contributed by atoms with Gasteiger partial charge in [0.25, 0.3) is 0 Å². The number of benzene rings is 1. The monoisotopic (exact) mass is 574 g/mol. The minimum atomic E-state index is 0. The number of aromatic nitrogens is 4. The molecule has 0 amide bonds. The van der Waals surface area contributed by atoms with E-state index < -0.39 is 0 Å². The van der Waals surface area contributed by atoms with Gasteiger partial charge in [0, 0.05) is 38.9 Å². The first-order valence-electron chi connectivity index (χ1n) is 11.7. The lowest BCUT2D eigenvalue weighted by Gasteiger charge is -2.33. The maximum absolute atomic E-state index is 4.86. The van der Waals surface area contributed by atoms with Crippen molar-refractivity contribution in [3.05, 3.63) is 77.6 Å². The first kappa shape index (κ1) is 26.1. The number of hydrogen-bond donors (Lipinski definition) is 2. The fourth-order valence-corrected chi connectivity index (χ4v) is 4.05. The van der Waals surface area contributed by atoms with Gasteiger partial charge in [0.05, 0.1) is 11.7 Å². The van der Waals surface area contributed by atoms with E-state index in [1.54, 1.807) is 0 Å². The van der Waals surface area contributed by atoms with E-state index in [1.165, 1.54) is 5.56 Å². The van der Waals surface area contributed by atoms with Crippen LogP contribution in [0.3, 0.4) is 0 Å². The summed E-state index contributed by atoms with van der Waals surface area (Å²) in [6.07, 6.45) is 4.00. The Hall–Kier alpha value is -2.53. The van der Waals surface area contributed by atoms with Crippen LogP contribution in [0.1, 0.15) is 48.7 Å². The number of rotatable bonds is 7. The molecule has 34 heavy (non-hydrogen) atoms. The fourth-order valence-electron chi connectivity index (χ4n) is 4.05. The number of guanidine groups is 1. The van der Waals surface area contributed by atoms with Crippen LogP contribution in [0, 0.1) is 6.92 Å². The zero-order valence-electron chi connectivity index (χ0n) is 20.2. The van der Waals surface area contributed by atoms with Crippen molar-refractivity contribution in [2.75, 3.05) is 13.1 Å². The van der Waals surface area contributed by atoms with Gasteiger partial charge in [-0.2, -0.15) is 0 Å². The summed E-state index contributed by atoms with van der Waals surface area (Å²) in [4.78, 5) is 11.8. The number of pyridine rings is 1. The maximum Gasteiger partial charge on any atom is 0.192 e. The molecule has 9 heteroatoms. The normalized spacial score (nSPS) is 16.0. The van der Waals surface area contributed by atoms with Crippen molar-refractivity contribution in [2.45, 2.75) is 51.9 Å². The third kappa shape index (κ3) is 7.23. The second-order valence-electron chi connectivity index (χ2n) is 8.68. The number of piperidine rings is 1. The highest BCUT2D eigenvalue weighted by molar-refractivity contribution is 14.0. The standard InChI is InChI=1S/C25H34N8.HI/c1-19(21-9-5-4-6-10-21)28-25(27-17-24-31-30-20(2)32(24)3)29-22-12-15-33(16-13-22)18-23-11-7-8-14-26-23;/h4-11,14,19,22H,12-13,15-18H2,1-3H3,(H2,27,28,29);1H. The number of hydrogen-bond acceptors (Lipinski definition) is 5. The highest BCUT2D eigenvalue weighted by Gasteiger charge is 2.21. The summed E-state index contributed by atoms with van der Waals surface area (Å²) in [6.45, 7) is 7.58. The lowest BCUT2D eigenvalue weighted by atomic mass is 10.0. The predicted octanol–water partition coefficient (Wildman–Crippen LogP) is 3.60. The molecule has 1 aliphatic heterocycles. The molecular weight excluding hydrogens is 539 g/mol. The molecule has 0 spiro atoms. The zero-order chi connectivity index (χ0) is 23.0. The van der Waals surface area contributed by atoms with Gasteiger partial charge >= 0.3 is 0 Å². The van der Waals surface area contributed by atoms with Crippen LogP contribution >= 0.6 is 24.0 Å². The molecular formula is C25H35IN8. The number of aliphatic imine (C=N–C) groups is 1. The molecule has 8 nitrogen and oxygen atoms in total. The van der Waals surface area contributed by atoms with E-state index in [-0.39, 0.29) is 30.0 Å². The summed E-state index contributed by atoms with van der Waals surface area (Å²) in [5.41, 5.74) is 2.36. The number of aryl methyl sites for hydroxylation is 1. The van der Waals surface area contributed by atoms with E-state index in [0.29, 0.717) is 12.6 Å². The molecule has 3 aromatic rings. The SMILES string of the molecule is Cc1nnc(CN=C(NC2CCN(Cc3ccccn3)CC2)NC(C)c2ccccc2)n1C.I. The minimum Gasteiger partial charge on any atom is -0.354 e. The molecule has 1 saturated heterocycles. The van der Waals surface area contributed by atoms with E-state index in [4.69, 9.17) is 4.99 Å². The van der Waals surface area contributed by atoms with Crippen molar-refractivity contribution in [1.82, 2.24) is 35.3 Å². The number of nitrogens with zero attached hydrogens (tertiary/aromatic N) is 6. The third-order valence-corrected chi connectivity index (χ3v) is 6.25. The van der Waals surface area contributed by atoms with E-state index in [9.17, 15) is 0 Å². The summed E-state index contributed by atoms with van der Waals surface area (Å²) in [7, 11) is 1.98. The van der Waals surface area contributed by atoms with Gasteiger partial charge in [-0.25, -0.2) is 4.99 Å². The summed E-state index contributed by atoms with van der Waals surface area (Å²) in [5, 5.41) is 15.7. The highest BCUT2D eigenvalue weighted by atomic mass is 127. The van der Waals surface area contributed by atoms with Gasteiger partial charge < -0.3 is 15.2 Å². The first-order valence-corrected chi connectivity index (χ1v) is 11.7. The fraction of sp³-hybridized carbons (Fsp3) is 0.440. The molecule has 1 aliphatic rings. The summed E-state index contributed by atoms with van der Waals surface area (Å²) < 4.78 is 1.98. The smallest absolute Gasteiger partial charge is 0.192 e. The number of likely N-dealkylation sites (tertiary alicyclic amines) is 1. The molecule has 2 N–H and O–H groups in total. The van der Waals surface area contributed by atoms with Gasteiger partial charge in [-0.15, -0.1) is 34.2 Å². The van der Waals surface area contributed by atoms with Crippen LogP contribution in [0.2, 0.25) is 0 Å². The van der Waals surface area contributed by atoms with Crippen molar-refractivity contribution in [2.24, 2.45) is 12.0 Å². The Balaban J connectivity index is 0.00000324. The van der Waals surface area contributed by atoms with Crippen molar-refractivity contribution in [3.63, 3.8) is 0 Å². The van der Waals surface area contributed by atoms with Gasteiger partial charge in [0.2, 0.25) is 0 Å². The Morgan fingerprint density at radius 2 is 1.82 bits per heavy atom. The molecule has 4 rings (SSSR count). The summed E-state index contributed by atoms with van der Waals surface area (Å²) in [6, 6.07) is 17.1. The van der Waals surface area contributed by atoms with Gasteiger partial charge in [-0.3, -0.25) is 9.88 Å². The molecule has 0 aliphatic carbocycles. The Morgan fingerprint density at radius 3 is 2.47 bits per heavy atom. The summed E-state index contributed by atoms with van der Waals surface area (Å²) >= 11 is 0. The largest absolute Gasteiger partial charge is 0.354 e. The molecule has 1 atom stereocenters. The number of halogens is 1. The van der Waals surface area contributed by atoms with E-state index >= 15 is 0 Å². The zero-order valence-corrected chi connectivity index (χ0v) is 22.5. The molecule has 1 unspecified atom stereocenters. The van der Waals surface area contributed by atoms with Gasteiger partial charge in [0.1, 0.15) is 12.4 Å². The Bertz CT molecular complexity index is 1030. The third-order valence-electron chi connectivity index (χ3n) is 6.25. The number of nitrogens with one attached hydrogen (secondary N) is 2. The Kier molecular flexibility index (Phi) is 9.82. The minimum absolute atomic E-state index is 0. The molecule has 0 bridgehead atoms.